The number of piperazine rings is 3. The zero-order chi connectivity index (χ0) is 56.0. The van der Waals surface area contributed by atoms with E-state index in [1.807, 2.05) is 76.8 Å². The molecule has 74 heavy (non-hydrogen) atoms. The molecule has 0 aliphatic carbocycles. The second-order valence-electron chi connectivity index (χ2n) is 17.5. The van der Waals surface area contributed by atoms with Gasteiger partial charge in [0.05, 0.1) is 44.0 Å². The van der Waals surface area contributed by atoms with Gasteiger partial charge in [-0.25, -0.2) is 13.8 Å². The lowest BCUT2D eigenvalue weighted by Gasteiger charge is -2.35. The van der Waals surface area contributed by atoms with Gasteiger partial charge in [-0.1, -0.05) is 0 Å². The third-order valence-electron chi connectivity index (χ3n) is 9.20. The normalized spacial score (nSPS) is 15.3. The highest BCUT2D eigenvalue weighted by Gasteiger charge is 2.43. The van der Waals surface area contributed by atoms with E-state index in [0.29, 0.717) is 44.4 Å². The number of nitrogens with one attached hydrogen (secondary N) is 1. The van der Waals surface area contributed by atoms with Crippen LogP contribution in [-0.2, 0) is 53.9 Å². The molecule has 0 saturated carbocycles. The Kier molecular flexibility index (Phi) is 31.6. The summed E-state index contributed by atoms with van der Waals surface area (Å²) >= 11 is 5.37. The van der Waals surface area contributed by atoms with Crippen LogP contribution in [0.2, 0.25) is 0 Å². The van der Waals surface area contributed by atoms with Crippen molar-refractivity contribution in [2.75, 3.05) is 78.5 Å². The molecule has 0 atom stereocenters. The van der Waals surface area contributed by atoms with Gasteiger partial charge in [0.1, 0.15) is 40.8 Å². The zero-order valence-electron chi connectivity index (χ0n) is 41.8. The fourth-order valence-corrected chi connectivity index (χ4v) is 6.07. The molecular weight excluding hydrogens is 1080 g/mol. The summed E-state index contributed by atoms with van der Waals surface area (Å²) < 4.78 is 108. The summed E-state index contributed by atoms with van der Waals surface area (Å²) in [5, 5.41) is 11.5. The molecule has 3 aliphatic heterocycles. The largest absolute Gasteiger partial charge is 0.471 e. The maximum Gasteiger partial charge on any atom is 0.471 e. The summed E-state index contributed by atoms with van der Waals surface area (Å²) in [6.45, 7) is 20.0. The van der Waals surface area contributed by atoms with Gasteiger partial charge in [0.15, 0.2) is 0 Å². The molecule has 4 aromatic heterocycles. The van der Waals surface area contributed by atoms with Crippen LogP contribution in [0.15, 0.2) is 91.3 Å². The van der Waals surface area contributed by atoms with Gasteiger partial charge in [-0.2, -0.15) is 26.3 Å². The summed E-state index contributed by atoms with van der Waals surface area (Å²) in [5.74, 6) is 1.88. The van der Waals surface area contributed by atoms with E-state index in [0.717, 1.165) is 68.0 Å². The Labute approximate surface area is 442 Å². The molecule has 3 amide bonds. The second-order valence-corrected chi connectivity index (χ2v) is 20.3. The predicted molar refractivity (Wildman–Crippen MR) is 264 cm³/mol. The Balaban J connectivity index is 0.000000459. The fourth-order valence-electron chi connectivity index (χ4n) is 5.91. The van der Waals surface area contributed by atoms with E-state index >= 15 is 0 Å². The smallest absolute Gasteiger partial charge is 0.468 e. The number of amides is 3. The van der Waals surface area contributed by atoms with Crippen LogP contribution in [0, 0.1) is 0 Å². The SMILES string of the molecule is CC(C)(C)OC(=O)N1CCN(Cc2ccco2)CC1.CC(C)(C)OC(=O)N1CCNCC1.ClCc1ccco1.O=C(N1CCN(Cc2ccco2)CC1)C(F)(F)F.O=CC(F)(F)F.O=S(Cl)Cl.OCc1ccco1. The number of alkyl halides is 7. The Hall–Kier alpha value is -4.76. The maximum atomic E-state index is 12.2. The van der Waals surface area contributed by atoms with Crippen LogP contribution in [0.25, 0.3) is 0 Å². The van der Waals surface area contributed by atoms with E-state index in [1.165, 1.54) is 6.26 Å². The van der Waals surface area contributed by atoms with Crippen molar-refractivity contribution < 1.29 is 82.0 Å². The summed E-state index contributed by atoms with van der Waals surface area (Å²) in [5.41, 5.74) is -0.815. The number of aliphatic hydroxyl groups is 1. The number of nitrogens with zero attached hydrogens (tertiary/aromatic N) is 5. The summed E-state index contributed by atoms with van der Waals surface area (Å²) in [6, 6.07) is 14.6. The number of halogens is 9. The van der Waals surface area contributed by atoms with Crippen LogP contribution < -0.4 is 5.32 Å². The van der Waals surface area contributed by atoms with Gasteiger partial charge in [-0.3, -0.25) is 19.4 Å². The van der Waals surface area contributed by atoms with Crippen LogP contribution >= 0.6 is 33.0 Å². The number of carbonyl (C=O) groups is 4. The molecule has 420 valence electrons. The Morgan fingerprint density at radius 3 is 1.20 bits per heavy atom. The molecular formula is C46H65Cl3F6N6O12S. The monoisotopic (exact) mass is 1140 g/mol. The van der Waals surface area contributed by atoms with E-state index in [1.54, 1.807) is 46.8 Å². The lowest BCUT2D eigenvalue weighted by Crippen LogP contribution is -2.51. The van der Waals surface area contributed by atoms with Crippen LogP contribution in [0.1, 0.15) is 64.6 Å². The van der Waals surface area contributed by atoms with Gasteiger partial charge in [0.25, 0.3) is 0 Å². The van der Waals surface area contributed by atoms with Crippen molar-refractivity contribution in [3.63, 3.8) is 0 Å². The minimum Gasteiger partial charge on any atom is -0.468 e. The highest BCUT2D eigenvalue weighted by atomic mass is 36.0. The third-order valence-corrected chi connectivity index (χ3v) is 9.46. The number of aldehydes is 1. The molecule has 18 nitrogen and oxygen atoms in total. The lowest BCUT2D eigenvalue weighted by molar-refractivity contribution is -0.187. The molecule has 2 N–H and O–H groups in total. The molecule has 0 bridgehead atoms. The minimum absolute atomic E-state index is 0.00694. The molecule has 28 heteroatoms. The number of rotatable bonds is 6. The van der Waals surface area contributed by atoms with Crippen molar-refractivity contribution in [1.29, 1.82) is 0 Å². The first-order valence-corrected chi connectivity index (χ1v) is 25.9. The summed E-state index contributed by atoms with van der Waals surface area (Å²) in [4.78, 5) is 51.7. The van der Waals surface area contributed by atoms with Crippen LogP contribution in [0.5, 0.6) is 0 Å². The molecule has 4 aromatic rings. The molecule has 3 saturated heterocycles. The molecule has 7 rings (SSSR count). The molecule has 7 heterocycles. The van der Waals surface area contributed by atoms with Crippen molar-refractivity contribution in [1.82, 2.24) is 29.8 Å². The maximum absolute atomic E-state index is 12.2. The molecule has 0 spiro atoms. The number of hydrogen-bond donors (Lipinski definition) is 2. The van der Waals surface area contributed by atoms with Crippen molar-refractivity contribution in [3.8, 4) is 0 Å². The molecule has 0 unspecified atom stereocenters. The number of ether oxygens (including phenoxy) is 2. The number of aliphatic hydroxyl groups excluding tert-OH is 1. The molecule has 0 radical (unpaired) electrons. The summed E-state index contributed by atoms with van der Waals surface area (Å²) in [7, 11) is 7.36. The van der Waals surface area contributed by atoms with Crippen LogP contribution in [-0.4, -0.2) is 160 Å². The average molecular weight is 1150 g/mol. The highest BCUT2D eigenvalue weighted by molar-refractivity contribution is 8.26. The number of furan rings is 4. The van der Waals surface area contributed by atoms with E-state index in [9.17, 15) is 40.7 Å². The molecule has 3 aliphatic rings. The fraction of sp³-hybridized carbons (Fsp3) is 0.565. The zero-order valence-corrected chi connectivity index (χ0v) is 44.9. The van der Waals surface area contributed by atoms with Gasteiger partial charge in [-0.15, -0.1) is 11.6 Å². The van der Waals surface area contributed by atoms with Gasteiger partial charge in [-0.05, 0) is 90.1 Å². The van der Waals surface area contributed by atoms with Gasteiger partial charge in [0.2, 0.25) is 15.5 Å². The quantitative estimate of drug-likeness (QED) is 0.0799. The second kappa shape index (κ2) is 34.7. The van der Waals surface area contributed by atoms with E-state index < -0.39 is 39.4 Å². The first-order chi connectivity index (χ1) is 34.5. The predicted octanol–water partition coefficient (Wildman–Crippen LogP) is 9.23. The van der Waals surface area contributed by atoms with E-state index in [-0.39, 0.29) is 37.5 Å². The Morgan fingerprint density at radius 2 is 0.946 bits per heavy atom. The molecule has 0 aromatic carbocycles. The Bertz CT molecular complexity index is 2070. The third kappa shape index (κ3) is 33.2. The molecule has 3 fully saturated rings. The van der Waals surface area contributed by atoms with Gasteiger partial charge in [0, 0.05) is 99.9 Å². The van der Waals surface area contributed by atoms with E-state index in [4.69, 9.17) is 52.9 Å². The van der Waals surface area contributed by atoms with Crippen molar-refractivity contribution in [2.24, 2.45) is 0 Å². The minimum atomic E-state index is -4.77. The first kappa shape index (κ1) is 67.3. The summed E-state index contributed by atoms with van der Waals surface area (Å²) in [6.07, 6.45) is -4.51. The lowest BCUT2D eigenvalue weighted by atomic mass is 10.2. The van der Waals surface area contributed by atoms with Crippen molar-refractivity contribution >= 4 is 66.6 Å². The van der Waals surface area contributed by atoms with Crippen molar-refractivity contribution in [3.05, 3.63) is 96.6 Å². The van der Waals surface area contributed by atoms with Crippen LogP contribution in [0.4, 0.5) is 35.9 Å². The highest BCUT2D eigenvalue weighted by Crippen LogP contribution is 2.20. The van der Waals surface area contributed by atoms with E-state index in [2.05, 4.69) is 31.6 Å². The number of hydrogen-bond acceptors (Lipinski definition) is 15. The standard InChI is InChI=1S/C14H22N2O3.C11H13F3N2O2.C9H18N2O2.C5H5ClO.C5H6O2.C2HF3O.Cl2OS/c1-14(2,3)19-13(17)16-8-6-15(7-9-16)11-12-5-4-10-18-12;12-11(13,14)10(17)16-5-3-15(4-6-16)8-9-2-1-7-18-9;1-9(2,3)13-8(12)11-6-4-10-5-7-11;2*6-4-5-2-1-3-7-5;3-2(4,5)1-6;1-4(2)3/h4-5,10H,6-9,11H2,1-3H3;1-2,7H,3-6,8H2;10H,4-7H2,1-3H3;1-3H,4H2;1-3,6H,4H2;1H;. The van der Waals surface area contributed by atoms with Gasteiger partial charge < -0.3 is 52.3 Å². The first-order valence-electron chi connectivity index (χ1n) is 22.6. The average Bonchev–Trinajstić information content (AvgIpc) is 4.19. The topological polar surface area (TPSA) is 205 Å². The van der Waals surface area contributed by atoms with Crippen molar-refractivity contribution in [2.45, 2.75) is 90.7 Å². The van der Waals surface area contributed by atoms with Crippen LogP contribution in [0.3, 0.4) is 0 Å². The van der Waals surface area contributed by atoms with Gasteiger partial charge >= 0.3 is 30.4 Å². The number of carbonyl (C=O) groups excluding carboxylic acids is 4. The Morgan fingerprint density at radius 1 is 0.622 bits per heavy atom.